The number of likely N-dealkylation sites (N-methyl/N-ethyl adjacent to an activating group) is 1. The molecule has 0 bridgehead atoms. The molecular weight excluding hydrogens is 420 g/mol. The van der Waals surface area contributed by atoms with Crippen LogP contribution in [-0.2, 0) is 6.42 Å². The van der Waals surface area contributed by atoms with Gasteiger partial charge in [0.2, 0.25) is 0 Å². The predicted octanol–water partition coefficient (Wildman–Crippen LogP) is 5.90. The van der Waals surface area contributed by atoms with Crippen molar-refractivity contribution in [3.63, 3.8) is 0 Å². The SMILES string of the molecule is CCNC(Cc1cccc(Br)c1)c1ccc(Br)c(Cl)c1F. The molecule has 0 heterocycles. The summed E-state index contributed by atoms with van der Waals surface area (Å²) in [4.78, 5) is 0. The Balaban J connectivity index is 2.33. The molecule has 0 aliphatic heterocycles. The van der Waals surface area contributed by atoms with Crippen molar-refractivity contribution in [1.29, 1.82) is 0 Å². The molecule has 2 aromatic rings. The second-order valence-corrected chi connectivity index (χ2v) is 6.86. The normalized spacial score (nSPS) is 12.4. The van der Waals surface area contributed by atoms with Crippen LogP contribution in [0.25, 0.3) is 0 Å². The van der Waals surface area contributed by atoms with Gasteiger partial charge in [-0.3, -0.25) is 0 Å². The topological polar surface area (TPSA) is 12.0 Å². The molecule has 0 saturated heterocycles. The zero-order chi connectivity index (χ0) is 15.4. The summed E-state index contributed by atoms with van der Waals surface area (Å²) < 4.78 is 16.0. The second-order valence-electron chi connectivity index (χ2n) is 4.71. The number of rotatable bonds is 5. The van der Waals surface area contributed by atoms with Crippen LogP contribution in [-0.4, -0.2) is 6.54 Å². The molecule has 0 fully saturated rings. The standard InChI is InChI=1S/C16H15Br2ClFN/c1-2-21-14(9-10-4-3-5-11(17)8-10)12-6-7-13(18)15(19)16(12)20/h3-8,14,21H,2,9H2,1H3. The Labute approximate surface area is 146 Å². The van der Waals surface area contributed by atoms with Crippen LogP contribution in [0, 0.1) is 5.82 Å². The van der Waals surface area contributed by atoms with Crippen LogP contribution >= 0.6 is 43.5 Å². The fraction of sp³-hybridized carbons (Fsp3) is 0.250. The third-order valence-corrected chi connectivity index (χ3v) is 4.97. The van der Waals surface area contributed by atoms with Gasteiger partial charge in [-0.1, -0.05) is 52.7 Å². The summed E-state index contributed by atoms with van der Waals surface area (Å²) >= 11 is 12.7. The van der Waals surface area contributed by atoms with Gasteiger partial charge in [0, 0.05) is 20.6 Å². The number of hydrogen-bond donors (Lipinski definition) is 1. The molecular formula is C16H15Br2ClFN. The van der Waals surface area contributed by atoms with Gasteiger partial charge in [-0.15, -0.1) is 0 Å². The molecule has 2 rings (SSSR count). The summed E-state index contributed by atoms with van der Waals surface area (Å²) in [7, 11) is 0. The highest BCUT2D eigenvalue weighted by Gasteiger charge is 2.19. The Bertz CT molecular complexity index is 634. The first-order valence-corrected chi connectivity index (χ1v) is 8.60. The summed E-state index contributed by atoms with van der Waals surface area (Å²) in [5.74, 6) is -0.369. The second kappa shape index (κ2) is 7.73. The smallest absolute Gasteiger partial charge is 0.147 e. The minimum atomic E-state index is -0.369. The minimum absolute atomic E-state index is 0.116. The van der Waals surface area contributed by atoms with E-state index in [-0.39, 0.29) is 16.9 Å². The quantitative estimate of drug-likeness (QED) is 0.577. The number of nitrogens with one attached hydrogen (secondary N) is 1. The van der Waals surface area contributed by atoms with Crippen LogP contribution in [0.4, 0.5) is 4.39 Å². The van der Waals surface area contributed by atoms with Crippen molar-refractivity contribution in [1.82, 2.24) is 5.32 Å². The Kier molecular flexibility index (Phi) is 6.23. The maximum absolute atomic E-state index is 14.4. The van der Waals surface area contributed by atoms with Crippen molar-refractivity contribution in [2.75, 3.05) is 6.54 Å². The monoisotopic (exact) mass is 433 g/mol. The van der Waals surface area contributed by atoms with Crippen molar-refractivity contribution in [3.05, 3.63) is 67.3 Å². The summed E-state index contributed by atoms with van der Waals surface area (Å²) in [6.07, 6.45) is 0.697. The lowest BCUT2D eigenvalue weighted by atomic mass is 9.98. The maximum Gasteiger partial charge on any atom is 0.147 e. The van der Waals surface area contributed by atoms with E-state index in [0.717, 1.165) is 16.6 Å². The van der Waals surface area contributed by atoms with E-state index in [4.69, 9.17) is 11.6 Å². The highest BCUT2D eigenvalue weighted by atomic mass is 79.9. The van der Waals surface area contributed by atoms with E-state index in [1.807, 2.05) is 31.2 Å². The summed E-state index contributed by atoms with van der Waals surface area (Å²) in [5, 5.41) is 3.45. The van der Waals surface area contributed by atoms with E-state index in [1.165, 1.54) is 0 Å². The van der Waals surface area contributed by atoms with Gasteiger partial charge in [-0.2, -0.15) is 0 Å². The Morgan fingerprint density at radius 1 is 1.24 bits per heavy atom. The van der Waals surface area contributed by atoms with Crippen LogP contribution in [0.2, 0.25) is 5.02 Å². The first-order chi connectivity index (χ1) is 10.0. The van der Waals surface area contributed by atoms with Gasteiger partial charge in [0.15, 0.2) is 0 Å². The minimum Gasteiger partial charge on any atom is -0.310 e. The summed E-state index contributed by atoms with van der Waals surface area (Å²) in [6, 6.07) is 11.5. The molecule has 0 aliphatic carbocycles. The third kappa shape index (κ3) is 4.28. The molecule has 112 valence electrons. The van der Waals surface area contributed by atoms with Crippen molar-refractivity contribution in [3.8, 4) is 0 Å². The molecule has 1 atom stereocenters. The van der Waals surface area contributed by atoms with Gasteiger partial charge in [-0.05, 0) is 52.7 Å². The van der Waals surface area contributed by atoms with Gasteiger partial charge >= 0.3 is 0 Å². The van der Waals surface area contributed by atoms with E-state index in [9.17, 15) is 4.39 Å². The highest BCUT2D eigenvalue weighted by molar-refractivity contribution is 9.10. The van der Waals surface area contributed by atoms with E-state index < -0.39 is 0 Å². The summed E-state index contributed by atoms with van der Waals surface area (Å²) in [6.45, 7) is 2.76. The van der Waals surface area contributed by atoms with Gasteiger partial charge < -0.3 is 5.32 Å². The van der Waals surface area contributed by atoms with E-state index in [2.05, 4.69) is 37.2 Å². The molecule has 1 unspecified atom stereocenters. The molecule has 2 aromatic carbocycles. The Morgan fingerprint density at radius 3 is 2.67 bits per heavy atom. The lowest BCUT2D eigenvalue weighted by Gasteiger charge is -2.20. The van der Waals surface area contributed by atoms with E-state index >= 15 is 0 Å². The molecule has 1 nitrogen and oxygen atoms in total. The average Bonchev–Trinajstić information content (AvgIpc) is 2.45. The molecule has 5 heteroatoms. The lowest BCUT2D eigenvalue weighted by Crippen LogP contribution is -2.24. The molecule has 0 amide bonds. The maximum atomic E-state index is 14.4. The molecule has 0 aliphatic rings. The fourth-order valence-corrected chi connectivity index (χ4v) is 3.17. The zero-order valence-corrected chi connectivity index (χ0v) is 15.4. The molecule has 0 spiro atoms. The van der Waals surface area contributed by atoms with Crippen molar-refractivity contribution < 1.29 is 4.39 Å². The Hall–Kier alpha value is -0.420. The van der Waals surface area contributed by atoms with E-state index in [1.54, 1.807) is 12.1 Å². The van der Waals surface area contributed by atoms with Gasteiger partial charge in [0.05, 0.1) is 5.02 Å². The van der Waals surface area contributed by atoms with Crippen molar-refractivity contribution in [2.24, 2.45) is 0 Å². The largest absolute Gasteiger partial charge is 0.310 e. The van der Waals surface area contributed by atoms with Crippen LogP contribution < -0.4 is 5.32 Å². The average molecular weight is 436 g/mol. The van der Waals surface area contributed by atoms with Gasteiger partial charge in [0.1, 0.15) is 5.82 Å². The van der Waals surface area contributed by atoms with Gasteiger partial charge in [-0.25, -0.2) is 4.39 Å². The number of benzene rings is 2. The van der Waals surface area contributed by atoms with Crippen LogP contribution in [0.5, 0.6) is 0 Å². The molecule has 0 aromatic heterocycles. The molecule has 0 radical (unpaired) electrons. The van der Waals surface area contributed by atoms with E-state index in [0.29, 0.717) is 16.5 Å². The number of halogens is 4. The molecule has 21 heavy (non-hydrogen) atoms. The zero-order valence-electron chi connectivity index (χ0n) is 11.5. The lowest BCUT2D eigenvalue weighted by molar-refractivity contribution is 0.510. The van der Waals surface area contributed by atoms with Crippen LogP contribution in [0.1, 0.15) is 24.1 Å². The predicted molar refractivity (Wildman–Crippen MR) is 93.4 cm³/mol. The van der Waals surface area contributed by atoms with Gasteiger partial charge in [0.25, 0.3) is 0 Å². The fourth-order valence-electron chi connectivity index (χ4n) is 2.25. The summed E-state index contributed by atoms with van der Waals surface area (Å²) in [5.41, 5.74) is 1.72. The van der Waals surface area contributed by atoms with Crippen LogP contribution in [0.15, 0.2) is 45.3 Å². The highest BCUT2D eigenvalue weighted by Crippen LogP contribution is 2.31. The van der Waals surface area contributed by atoms with Crippen molar-refractivity contribution >= 4 is 43.5 Å². The van der Waals surface area contributed by atoms with Crippen molar-refractivity contribution in [2.45, 2.75) is 19.4 Å². The molecule has 0 saturated carbocycles. The van der Waals surface area contributed by atoms with Crippen LogP contribution in [0.3, 0.4) is 0 Å². The first kappa shape index (κ1) is 16.9. The Morgan fingerprint density at radius 2 is 2.00 bits per heavy atom. The molecule has 1 N–H and O–H groups in total. The first-order valence-electron chi connectivity index (χ1n) is 6.64. The number of hydrogen-bond acceptors (Lipinski definition) is 1. The third-order valence-electron chi connectivity index (χ3n) is 3.22.